The van der Waals surface area contributed by atoms with E-state index in [-0.39, 0.29) is 23.2 Å². The SMILES string of the molecule is CC(=O)OCC(C)C(=O)Br. The lowest BCUT2D eigenvalue weighted by Gasteiger charge is -2.04. The molecule has 0 aromatic rings. The van der Waals surface area contributed by atoms with Crippen LogP contribution in [-0.4, -0.2) is 17.3 Å². The topological polar surface area (TPSA) is 43.4 Å². The third-order valence-corrected chi connectivity index (χ3v) is 1.71. The van der Waals surface area contributed by atoms with Gasteiger partial charge in [-0.05, 0) is 15.9 Å². The van der Waals surface area contributed by atoms with E-state index in [1.54, 1.807) is 6.92 Å². The van der Waals surface area contributed by atoms with Gasteiger partial charge in [-0.1, -0.05) is 6.92 Å². The lowest BCUT2D eigenvalue weighted by Crippen LogP contribution is -2.13. The molecule has 3 nitrogen and oxygen atoms in total. The summed E-state index contributed by atoms with van der Waals surface area (Å²) in [6.07, 6.45) is 0. The minimum Gasteiger partial charge on any atom is -0.465 e. The second-order valence-corrected chi connectivity index (χ2v) is 2.79. The second-order valence-electron chi connectivity index (χ2n) is 2.01. The van der Waals surface area contributed by atoms with Crippen LogP contribution in [0, 0.1) is 5.92 Å². The smallest absolute Gasteiger partial charge is 0.302 e. The van der Waals surface area contributed by atoms with Crippen molar-refractivity contribution in [3.8, 4) is 0 Å². The van der Waals surface area contributed by atoms with E-state index in [1.807, 2.05) is 0 Å². The van der Waals surface area contributed by atoms with Gasteiger partial charge >= 0.3 is 5.97 Å². The maximum Gasteiger partial charge on any atom is 0.302 e. The molecule has 0 aromatic heterocycles. The van der Waals surface area contributed by atoms with Crippen LogP contribution in [-0.2, 0) is 14.3 Å². The molecule has 4 heteroatoms. The van der Waals surface area contributed by atoms with Crippen LogP contribution >= 0.6 is 15.9 Å². The molecule has 0 radical (unpaired) electrons. The van der Waals surface area contributed by atoms with Gasteiger partial charge in [0.15, 0.2) is 0 Å². The zero-order valence-corrected chi connectivity index (χ0v) is 7.47. The van der Waals surface area contributed by atoms with Gasteiger partial charge in [0.2, 0.25) is 4.69 Å². The van der Waals surface area contributed by atoms with Crippen LogP contribution < -0.4 is 0 Å². The molecular formula is C6H9BrO3. The average Bonchev–Trinajstić information content (AvgIpc) is 1.82. The van der Waals surface area contributed by atoms with Crippen molar-refractivity contribution in [3.05, 3.63) is 0 Å². The van der Waals surface area contributed by atoms with E-state index in [0.29, 0.717) is 0 Å². The summed E-state index contributed by atoms with van der Waals surface area (Å²) in [4.78, 5) is 20.7. The van der Waals surface area contributed by atoms with Crippen molar-refractivity contribution in [2.45, 2.75) is 13.8 Å². The Morgan fingerprint density at radius 1 is 1.60 bits per heavy atom. The Balaban J connectivity index is 3.49. The third kappa shape index (κ3) is 4.49. The fraction of sp³-hybridized carbons (Fsp3) is 0.667. The molecule has 0 amide bonds. The summed E-state index contributed by atoms with van der Waals surface area (Å²) in [5.74, 6) is -0.621. The highest BCUT2D eigenvalue weighted by atomic mass is 79.9. The molecule has 0 fully saturated rings. The number of hydrogen-bond donors (Lipinski definition) is 0. The highest BCUT2D eigenvalue weighted by Crippen LogP contribution is 2.02. The monoisotopic (exact) mass is 208 g/mol. The second kappa shape index (κ2) is 4.44. The van der Waals surface area contributed by atoms with E-state index in [0.717, 1.165) is 0 Å². The maximum absolute atomic E-state index is 10.5. The summed E-state index contributed by atoms with van der Waals surface area (Å²) >= 11 is 2.76. The van der Waals surface area contributed by atoms with Crippen LogP contribution in [0.5, 0.6) is 0 Å². The zero-order valence-electron chi connectivity index (χ0n) is 5.89. The van der Waals surface area contributed by atoms with E-state index in [9.17, 15) is 9.59 Å². The maximum atomic E-state index is 10.5. The van der Waals surface area contributed by atoms with E-state index >= 15 is 0 Å². The minimum atomic E-state index is -0.361. The van der Waals surface area contributed by atoms with Crippen LogP contribution in [0.2, 0.25) is 0 Å². The van der Waals surface area contributed by atoms with E-state index in [2.05, 4.69) is 20.7 Å². The summed E-state index contributed by atoms with van der Waals surface area (Å²) in [5, 5.41) is 0. The molecule has 0 heterocycles. The number of ether oxygens (including phenoxy) is 1. The highest BCUT2D eigenvalue weighted by molar-refractivity contribution is 9.18. The fourth-order valence-electron chi connectivity index (χ4n) is 0.308. The Morgan fingerprint density at radius 3 is 2.40 bits per heavy atom. The molecule has 0 rings (SSSR count). The Labute approximate surface area is 67.9 Å². The van der Waals surface area contributed by atoms with Gasteiger partial charge in [0.25, 0.3) is 0 Å². The van der Waals surface area contributed by atoms with Crippen LogP contribution in [0.3, 0.4) is 0 Å². The normalized spacial score (nSPS) is 12.3. The number of carbonyl (C=O) groups excluding carboxylic acids is 2. The zero-order chi connectivity index (χ0) is 8.15. The number of rotatable bonds is 3. The van der Waals surface area contributed by atoms with E-state index in [4.69, 9.17) is 0 Å². The first kappa shape index (κ1) is 9.62. The molecule has 0 aliphatic carbocycles. The first-order valence-corrected chi connectivity index (χ1v) is 3.66. The van der Waals surface area contributed by atoms with Crippen LogP contribution in [0.15, 0.2) is 0 Å². The summed E-state index contributed by atoms with van der Waals surface area (Å²) < 4.78 is 4.43. The fourth-order valence-corrected chi connectivity index (χ4v) is 0.440. The summed E-state index contributed by atoms with van der Waals surface area (Å²) in [6.45, 7) is 3.14. The average molecular weight is 209 g/mol. The number of hydrogen-bond acceptors (Lipinski definition) is 3. The van der Waals surface area contributed by atoms with Crippen LogP contribution in [0.1, 0.15) is 13.8 Å². The van der Waals surface area contributed by atoms with Gasteiger partial charge < -0.3 is 4.74 Å². The largest absolute Gasteiger partial charge is 0.465 e. The predicted octanol–water partition coefficient (Wildman–Crippen LogP) is 1.11. The summed E-state index contributed by atoms with van der Waals surface area (Å²) in [6, 6.07) is 0. The first-order valence-electron chi connectivity index (χ1n) is 2.86. The van der Waals surface area contributed by atoms with Crippen molar-refractivity contribution in [1.29, 1.82) is 0 Å². The van der Waals surface area contributed by atoms with Crippen molar-refractivity contribution >= 4 is 26.6 Å². The quantitative estimate of drug-likeness (QED) is 0.516. The summed E-state index contributed by atoms with van der Waals surface area (Å²) in [5.41, 5.74) is 0. The predicted molar refractivity (Wildman–Crippen MR) is 39.7 cm³/mol. The Kier molecular flexibility index (Phi) is 4.27. The van der Waals surface area contributed by atoms with Crippen molar-refractivity contribution < 1.29 is 14.3 Å². The minimum absolute atomic E-state index is 0.145. The molecule has 0 aliphatic heterocycles. The van der Waals surface area contributed by atoms with Gasteiger partial charge in [-0.2, -0.15) is 0 Å². The van der Waals surface area contributed by atoms with Gasteiger partial charge in [-0.15, -0.1) is 0 Å². The molecule has 0 aromatic carbocycles. The third-order valence-electron chi connectivity index (χ3n) is 0.924. The molecule has 0 saturated carbocycles. The molecule has 0 bridgehead atoms. The molecule has 58 valence electrons. The molecule has 1 unspecified atom stereocenters. The van der Waals surface area contributed by atoms with Gasteiger partial charge in [0.1, 0.15) is 6.61 Å². The molecule has 10 heavy (non-hydrogen) atoms. The molecular weight excluding hydrogens is 200 g/mol. The lowest BCUT2D eigenvalue weighted by molar-refractivity contribution is -0.142. The van der Waals surface area contributed by atoms with E-state index in [1.165, 1.54) is 6.92 Å². The van der Waals surface area contributed by atoms with Crippen molar-refractivity contribution in [2.75, 3.05) is 6.61 Å². The Hall–Kier alpha value is -0.380. The molecule has 0 aliphatic rings. The molecule has 1 atom stereocenters. The standard InChI is InChI=1S/C6H9BrO3/c1-4(6(7)9)3-10-5(2)8/h4H,3H2,1-2H3. The lowest BCUT2D eigenvalue weighted by atomic mass is 10.2. The number of esters is 1. The van der Waals surface area contributed by atoms with Crippen molar-refractivity contribution in [2.24, 2.45) is 5.92 Å². The molecule has 0 spiro atoms. The van der Waals surface area contributed by atoms with Gasteiger partial charge in [0.05, 0.1) is 5.92 Å². The Bertz CT molecular complexity index is 144. The summed E-state index contributed by atoms with van der Waals surface area (Å²) in [7, 11) is 0. The van der Waals surface area contributed by atoms with Gasteiger partial charge in [-0.25, -0.2) is 0 Å². The number of halogens is 1. The first-order chi connectivity index (χ1) is 4.54. The van der Waals surface area contributed by atoms with Gasteiger partial charge in [-0.3, -0.25) is 9.59 Å². The molecule has 0 N–H and O–H groups in total. The molecule has 0 saturated heterocycles. The Morgan fingerprint density at radius 2 is 2.10 bits per heavy atom. The van der Waals surface area contributed by atoms with Crippen molar-refractivity contribution in [1.82, 2.24) is 0 Å². The van der Waals surface area contributed by atoms with Crippen molar-refractivity contribution in [3.63, 3.8) is 0 Å². The highest BCUT2D eigenvalue weighted by Gasteiger charge is 2.09. The van der Waals surface area contributed by atoms with Crippen LogP contribution in [0.4, 0.5) is 0 Å². The van der Waals surface area contributed by atoms with E-state index < -0.39 is 0 Å². The van der Waals surface area contributed by atoms with Gasteiger partial charge in [0, 0.05) is 6.92 Å². The van der Waals surface area contributed by atoms with Crippen LogP contribution in [0.25, 0.3) is 0 Å². The number of carbonyl (C=O) groups is 2.